The third kappa shape index (κ3) is 4.27. The van der Waals surface area contributed by atoms with E-state index in [1.807, 2.05) is 0 Å². The third-order valence-corrected chi connectivity index (χ3v) is 2.93. The van der Waals surface area contributed by atoms with Crippen molar-refractivity contribution in [3.8, 4) is 0 Å². The fraction of sp³-hybridized carbons (Fsp3) is 0.308. The Morgan fingerprint density at radius 2 is 1.82 bits per heavy atom. The van der Waals surface area contributed by atoms with Gasteiger partial charge in [-0.1, -0.05) is 0 Å². The highest BCUT2D eigenvalue weighted by molar-refractivity contribution is 5.96. The lowest BCUT2D eigenvalue weighted by atomic mass is 10.1. The van der Waals surface area contributed by atoms with Gasteiger partial charge in [-0.25, -0.2) is 4.79 Å². The van der Waals surface area contributed by atoms with Crippen molar-refractivity contribution < 1.29 is 24.6 Å². The van der Waals surface area contributed by atoms with Gasteiger partial charge in [-0.05, 0) is 30.7 Å². The molecular formula is C13H15N3O6. The molecule has 0 unspecified atom stereocenters. The summed E-state index contributed by atoms with van der Waals surface area (Å²) in [7, 11) is 1.68. The maximum absolute atomic E-state index is 12.2. The van der Waals surface area contributed by atoms with E-state index in [1.54, 1.807) is 19.2 Å². The van der Waals surface area contributed by atoms with Gasteiger partial charge in [-0.3, -0.25) is 9.59 Å². The number of amides is 1. The summed E-state index contributed by atoms with van der Waals surface area (Å²) in [6.45, 7) is 0. The minimum atomic E-state index is -1.63. The second-order valence-electron chi connectivity index (χ2n) is 4.35. The monoisotopic (exact) mass is 309 g/mol. The molecule has 0 aliphatic rings. The van der Waals surface area contributed by atoms with Crippen LogP contribution in [-0.2, 0) is 9.59 Å². The number of rotatable bonds is 8. The lowest BCUT2D eigenvalue weighted by Gasteiger charge is -2.20. The number of hydrogen-bond acceptors (Lipinski definition) is 6. The summed E-state index contributed by atoms with van der Waals surface area (Å²) in [5.74, 6) is -3.64. The van der Waals surface area contributed by atoms with Gasteiger partial charge in [0, 0.05) is 24.7 Å². The van der Waals surface area contributed by atoms with Gasteiger partial charge in [0.2, 0.25) is 0 Å². The van der Waals surface area contributed by atoms with E-state index in [1.165, 1.54) is 12.1 Å². The highest BCUT2D eigenvalue weighted by atomic mass is 16.4. The molecular weight excluding hydrogens is 294 g/mol. The molecule has 1 rings (SSSR count). The van der Waals surface area contributed by atoms with Gasteiger partial charge < -0.3 is 15.5 Å². The molecule has 0 saturated carbocycles. The van der Waals surface area contributed by atoms with Gasteiger partial charge >= 0.3 is 11.9 Å². The maximum Gasteiger partial charge on any atom is 0.328 e. The Morgan fingerprint density at radius 3 is 2.23 bits per heavy atom. The van der Waals surface area contributed by atoms with Gasteiger partial charge in [0.25, 0.3) is 5.91 Å². The minimum Gasteiger partial charge on any atom is -0.481 e. The van der Waals surface area contributed by atoms with Crippen LogP contribution in [0.25, 0.3) is 0 Å². The smallest absolute Gasteiger partial charge is 0.328 e. The van der Waals surface area contributed by atoms with Gasteiger partial charge in [0.1, 0.15) is 0 Å². The summed E-state index contributed by atoms with van der Waals surface area (Å²) >= 11 is 0. The van der Waals surface area contributed by atoms with Crippen LogP contribution in [0.4, 0.5) is 5.69 Å². The average molecular weight is 309 g/mol. The molecule has 1 aromatic rings. The molecule has 22 heavy (non-hydrogen) atoms. The number of hydrogen-bond donors (Lipinski definition) is 3. The van der Waals surface area contributed by atoms with Crippen LogP contribution in [-0.4, -0.2) is 46.2 Å². The molecule has 9 heteroatoms. The molecule has 3 N–H and O–H groups in total. The minimum absolute atomic E-state index is 0.0696. The summed E-state index contributed by atoms with van der Waals surface area (Å²) in [5.41, 5.74) is 0.794. The second kappa shape index (κ2) is 7.72. The van der Waals surface area contributed by atoms with E-state index in [2.05, 4.69) is 10.6 Å². The number of aliphatic carboxylic acids is 2. The van der Waals surface area contributed by atoms with Crippen LogP contribution in [0.1, 0.15) is 23.2 Å². The van der Waals surface area contributed by atoms with E-state index in [0.29, 0.717) is 0 Å². The van der Waals surface area contributed by atoms with Crippen LogP contribution in [0.5, 0.6) is 0 Å². The molecule has 1 aromatic carbocycles. The molecule has 0 saturated heterocycles. The van der Waals surface area contributed by atoms with Gasteiger partial charge in [-0.15, -0.1) is 4.91 Å². The molecule has 0 fully saturated rings. The van der Waals surface area contributed by atoms with Gasteiger partial charge in [0.15, 0.2) is 6.04 Å². The van der Waals surface area contributed by atoms with Crippen molar-refractivity contribution in [2.75, 3.05) is 12.4 Å². The third-order valence-electron chi connectivity index (χ3n) is 2.93. The number of carboxylic acid groups (broad SMARTS) is 2. The molecule has 9 nitrogen and oxygen atoms in total. The van der Waals surface area contributed by atoms with Crippen LogP contribution in [0, 0.1) is 4.91 Å². The fourth-order valence-electron chi connectivity index (χ4n) is 1.76. The number of anilines is 1. The lowest BCUT2D eigenvalue weighted by molar-refractivity contribution is -0.143. The van der Waals surface area contributed by atoms with Gasteiger partial charge in [0.05, 0.1) is 5.29 Å². The number of nitrogens with one attached hydrogen (secondary N) is 1. The molecule has 1 atom stereocenters. The topological polar surface area (TPSA) is 136 Å². The number of carbonyl (C=O) groups is 3. The standard InChI is InChI=1S/C13H15N3O6/c1-14-9-4-2-8(3-5-9)12(19)16(15-22)10(13(20)21)6-7-11(17)18/h2-5,10,14H,6-7H2,1H3,(H,17,18)(H,20,21)/t10-/m0/s1. The molecule has 0 bridgehead atoms. The Kier molecular flexibility index (Phi) is 5.99. The first kappa shape index (κ1) is 17.1. The highest BCUT2D eigenvalue weighted by Gasteiger charge is 2.32. The van der Waals surface area contributed by atoms with Crippen LogP contribution in [0.3, 0.4) is 0 Å². The van der Waals surface area contributed by atoms with Crippen molar-refractivity contribution in [2.45, 2.75) is 18.9 Å². The van der Waals surface area contributed by atoms with E-state index >= 15 is 0 Å². The Bertz CT molecular complexity index is 572. The molecule has 1 amide bonds. The van der Waals surface area contributed by atoms with Crippen molar-refractivity contribution in [3.05, 3.63) is 34.7 Å². The zero-order valence-electron chi connectivity index (χ0n) is 11.7. The molecule has 0 aliphatic carbocycles. The average Bonchev–Trinajstić information content (AvgIpc) is 2.50. The Hall–Kier alpha value is -2.97. The predicted octanol–water partition coefficient (Wildman–Crippen LogP) is 1.17. The van der Waals surface area contributed by atoms with Crippen LogP contribution < -0.4 is 5.32 Å². The predicted molar refractivity (Wildman–Crippen MR) is 76.2 cm³/mol. The quantitative estimate of drug-likeness (QED) is 0.484. The molecule has 0 aromatic heterocycles. The number of nitroso groups, excluding NO2 is 1. The number of carboxylic acids is 2. The number of carbonyl (C=O) groups excluding carboxylic acids is 1. The Morgan fingerprint density at radius 1 is 1.23 bits per heavy atom. The zero-order valence-corrected chi connectivity index (χ0v) is 11.7. The van der Waals surface area contributed by atoms with Crippen molar-refractivity contribution in [1.29, 1.82) is 0 Å². The number of nitrogens with zero attached hydrogens (tertiary/aromatic N) is 2. The van der Waals surface area contributed by atoms with Crippen molar-refractivity contribution >= 4 is 23.5 Å². The molecule has 0 spiro atoms. The van der Waals surface area contributed by atoms with Crippen LogP contribution in [0.2, 0.25) is 0 Å². The zero-order chi connectivity index (χ0) is 16.7. The van der Waals surface area contributed by atoms with E-state index in [0.717, 1.165) is 5.69 Å². The second-order valence-corrected chi connectivity index (χ2v) is 4.35. The molecule has 0 heterocycles. The Labute approximate surface area is 125 Å². The van der Waals surface area contributed by atoms with Crippen molar-refractivity contribution in [2.24, 2.45) is 5.29 Å². The Balaban J connectivity index is 2.98. The summed E-state index contributed by atoms with van der Waals surface area (Å²) in [6, 6.07) is 4.32. The SMILES string of the molecule is CNc1ccc(C(=O)N(N=O)[C@@H](CCC(=O)O)C(=O)O)cc1. The first-order valence-electron chi connectivity index (χ1n) is 6.30. The van der Waals surface area contributed by atoms with Crippen molar-refractivity contribution in [1.82, 2.24) is 5.01 Å². The van der Waals surface area contributed by atoms with E-state index in [-0.39, 0.29) is 10.6 Å². The van der Waals surface area contributed by atoms with Crippen molar-refractivity contribution in [3.63, 3.8) is 0 Å². The fourth-order valence-corrected chi connectivity index (χ4v) is 1.76. The van der Waals surface area contributed by atoms with E-state index < -0.39 is 36.7 Å². The summed E-state index contributed by atoms with van der Waals surface area (Å²) in [4.78, 5) is 44.7. The normalized spacial score (nSPS) is 11.3. The van der Waals surface area contributed by atoms with Gasteiger partial charge in [-0.2, -0.15) is 5.01 Å². The maximum atomic E-state index is 12.2. The van der Waals surface area contributed by atoms with Crippen LogP contribution in [0.15, 0.2) is 29.6 Å². The first-order valence-corrected chi connectivity index (χ1v) is 6.30. The highest BCUT2D eigenvalue weighted by Crippen LogP contribution is 2.16. The summed E-state index contributed by atoms with van der Waals surface area (Å²) < 4.78 is 0. The molecule has 118 valence electrons. The number of benzene rings is 1. The first-order chi connectivity index (χ1) is 10.4. The van der Waals surface area contributed by atoms with Crippen LogP contribution >= 0.6 is 0 Å². The molecule has 0 radical (unpaired) electrons. The van der Waals surface area contributed by atoms with E-state index in [9.17, 15) is 19.3 Å². The summed E-state index contributed by atoms with van der Waals surface area (Å²) in [5, 5.41) is 23.2. The summed E-state index contributed by atoms with van der Waals surface area (Å²) in [6.07, 6.45) is -0.925. The largest absolute Gasteiger partial charge is 0.481 e. The molecule has 0 aliphatic heterocycles. The lowest BCUT2D eigenvalue weighted by Crippen LogP contribution is -2.41. The van der Waals surface area contributed by atoms with E-state index in [4.69, 9.17) is 10.2 Å².